The van der Waals surface area contributed by atoms with E-state index in [4.69, 9.17) is 4.55 Å². The van der Waals surface area contributed by atoms with E-state index in [2.05, 4.69) is 0 Å². The van der Waals surface area contributed by atoms with Gasteiger partial charge in [0.15, 0.2) is 0 Å². The first-order valence-corrected chi connectivity index (χ1v) is 6.56. The van der Waals surface area contributed by atoms with Crippen molar-refractivity contribution in [1.82, 2.24) is 0 Å². The van der Waals surface area contributed by atoms with E-state index in [9.17, 15) is 8.42 Å². The molecule has 0 amide bonds. The first kappa shape index (κ1) is 5.78. The van der Waals surface area contributed by atoms with Crippen molar-refractivity contribution in [1.29, 1.82) is 0 Å². The van der Waals surface area contributed by atoms with Crippen molar-refractivity contribution in [2.24, 2.45) is 0 Å². The van der Waals surface area contributed by atoms with E-state index in [0.29, 0.717) is 0 Å². The Morgan fingerprint density at radius 2 is 1.60 bits per heavy atom. The summed E-state index contributed by atoms with van der Waals surface area (Å²) in [5.74, 6) is 0. The predicted octanol–water partition coefficient (Wildman–Crippen LogP) is -0.664. The van der Waals surface area contributed by atoms with Gasteiger partial charge < -0.3 is 0 Å². The summed E-state index contributed by atoms with van der Waals surface area (Å²) in [7, 11) is 0. The first-order valence-electron chi connectivity index (χ1n) is 0.720. The van der Waals surface area contributed by atoms with Crippen LogP contribution in [0.25, 0.3) is 0 Å². The summed E-state index contributed by atoms with van der Waals surface area (Å²) in [4.78, 5) is 0. The SMILES string of the molecule is O=[S](=O)(O)[Hf]. The summed E-state index contributed by atoms with van der Waals surface area (Å²) in [6, 6.07) is 0. The van der Waals surface area contributed by atoms with Gasteiger partial charge in [0.25, 0.3) is 0 Å². The molecule has 29 valence electrons. The van der Waals surface area contributed by atoms with Gasteiger partial charge in [-0.25, -0.2) is 0 Å². The van der Waals surface area contributed by atoms with E-state index in [1.165, 1.54) is 0 Å². The molecule has 0 saturated heterocycles. The Bertz CT molecular complexity index is 90.1. The van der Waals surface area contributed by atoms with Crippen LogP contribution < -0.4 is 0 Å². The third-order valence-corrected chi connectivity index (χ3v) is 0. The van der Waals surface area contributed by atoms with Crippen molar-refractivity contribution in [3.05, 3.63) is 0 Å². The molecule has 0 fully saturated rings. The molecule has 0 aliphatic rings. The third-order valence-electron chi connectivity index (χ3n) is 0. The van der Waals surface area contributed by atoms with Crippen molar-refractivity contribution in [2.45, 2.75) is 0 Å². The van der Waals surface area contributed by atoms with Gasteiger partial charge >= 0.3 is 42.8 Å². The summed E-state index contributed by atoms with van der Waals surface area (Å²) in [6.45, 7) is -3.53. The zero-order valence-corrected chi connectivity index (χ0v) is 6.58. The number of hydrogen-bond donors (Lipinski definition) is 1. The molecule has 0 aromatic rings. The molecular weight excluding hydrogens is 259 g/mol. The zero-order valence-electron chi connectivity index (χ0n) is 2.17. The van der Waals surface area contributed by atoms with Crippen LogP contribution in [0.2, 0.25) is 0 Å². The van der Waals surface area contributed by atoms with Crippen molar-refractivity contribution < 1.29 is 35.9 Å². The second kappa shape index (κ2) is 1.49. The molecule has 0 unspecified atom stereocenters. The summed E-state index contributed by atoms with van der Waals surface area (Å²) >= 11 is -0.164. The van der Waals surface area contributed by atoms with Crippen LogP contribution in [0.5, 0.6) is 0 Å². The Morgan fingerprint density at radius 3 is 1.60 bits per heavy atom. The zero-order chi connectivity index (χ0) is 4.50. The maximum atomic E-state index is 9.25. The van der Waals surface area contributed by atoms with Gasteiger partial charge in [-0.3, -0.25) is 0 Å². The average Bonchev–Trinajstić information content (AvgIpc) is 0.722. The van der Waals surface area contributed by atoms with E-state index >= 15 is 0 Å². The summed E-state index contributed by atoms with van der Waals surface area (Å²) in [5, 5.41) is 0. The quantitative estimate of drug-likeness (QED) is 0.464. The number of rotatable bonds is 0. The van der Waals surface area contributed by atoms with Crippen molar-refractivity contribution >= 4 is 6.94 Å². The van der Waals surface area contributed by atoms with Gasteiger partial charge in [0, 0.05) is 0 Å². The fourth-order valence-electron chi connectivity index (χ4n) is 0. The van der Waals surface area contributed by atoms with E-state index in [-0.39, 0.29) is 22.9 Å². The molecule has 1 N–H and O–H groups in total. The van der Waals surface area contributed by atoms with Crippen LogP contribution in [0.3, 0.4) is 0 Å². The second-order valence-electron chi connectivity index (χ2n) is 0.475. The molecule has 0 spiro atoms. The standard InChI is InChI=1S/Hf.HO3S/c;1-4(2)3/h;(H,1,2,3). The molecule has 5 heteroatoms. The van der Waals surface area contributed by atoms with Crippen LogP contribution in [-0.4, -0.2) is 13.0 Å². The molecule has 3 nitrogen and oxygen atoms in total. The minimum atomic E-state index is -3.53. The Labute approximate surface area is 43.0 Å². The van der Waals surface area contributed by atoms with Gasteiger partial charge in [-0.2, -0.15) is 0 Å². The number of hydrogen-bond acceptors (Lipinski definition) is 2. The predicted molar refractivity (Wildman–Crippen MR) is 11.5 cm³/mol. The second-order valence-corrected chi connectivity index (χ2v) is 6.99. The van der Waals surface area contributed by atoms with Gasteiger partial charge in [0.1, 0.15) is 0 Å². The molecule has 0 aliphatic carbocycles. The fraction of sp³-hybridized carbons (Fsp3) is 0. The van der Waals surface area contributed by atoms with Crippen LogP contribution in [0.4, 0.5) is 0 Å². The Hall–Kier alpha value is 0.780. The Kier molecular flexibility index (Phi) is 1.72. The van der Waals surface area contributed by atoms with Gasteiger partial charge in [-0.15, -0.1) is 0 Å². The molecule has 0 bridgehead atoms. The maximum absolute atomic E-state index is 9.25. The van der Waals surface area contributed by atoms with E-state index in [0.717, 1.165) is 0 Å². The van der Waals surface area contributed by atoms with Gasteiger partial charge in [0.2, 0.25) is 0 Å². The van der Waals surface area contributed by atoms with Crippen LogP contribution in [0, 0.1) is 0 Å². The van der Waals surface area contributed by atoms with Gasteiger partial charge in [-0.1, -0.05) is 0 Å². The Morgan fingerprint density at radius 1 is 1.60 bits per heavy atom. The molecule has 0 saturated carbocycles. The molecule has 0 heterocycles. The Balaban J connectivity index is 4.06. The first-order chi connectivity index (χ1) is 2.00. The molecule has 0 atom stereocenters. The normalized spacial score (nSPS) is 11.2. The summed E-state index contributed by atoms with van der Waals surface area (Å²) in [6.07, 6.45) is 0. The average molecular weight is 260 g/mol. The van der Waals surface area contributed by atoms with E-state index in [1.54, 1.807) is 0 Å². The molecule has 0 radical (unpaired) electrons. The molecule has 0 aromatic carbocycles. The van der Waals surface area contributed by atoms with Crippen LogP contribution in [-0.2, 0) is 29.9 Å². The molecular formula is HHfO3S. The monoisotopic (exact) mass is 261 g/mol. The van der Waals surface area contributed by atoms with Crippen LogP contribution >= 0.6 is 0 Å². The minimum absolute atomic E-state index is 0.164. The van der Waals surface area contributed by atoms with Crippen LogP contribution in [0.15, 0.2) is 0 Å². The van der Waals surface area contributed by atoms with Crippen molar-refractivity contribution in [3.63, 3.8) is 0 Å². The third kappa shape index (κ3) is 60.7. The fourth-order valence-corrected chi connectivity index (χ4v) is 0. The van der Waals surface area contributed by atoms with Crippen molar-refractivity contribution in [2.75, 3.05) is 0 Å². The van der Waals surface area contributed by atoms with Gasteiger partial charge in [0.05, 0.1) is 0 Å². The molecule has 0 aliphatic heterocycles. The van der Waals surface area contributed by atoms with E-state index < -0.39 is 6.94 Å². The van der Waals surface area contributed by atoms with Gasteiger partial charge in [-0.05, 0) is 0 Å². The van der Waals surface area contributed by atoms with E-state index in [1.807, 2.05) is 0 Å². The molecule has 0 aromatic heterocycles. The van der Waals surface area contributed by atoms with Crippen LogP contribution in [0.1, 0.15) is 0 Å². The summed E-state index contributed by atoms with van der Waals surface area (Å²) < 4.78 is 26.1. The topological polar surface area (TPSA) is 54.4 Å². The molecule has 0 rings (SSSR count). The molecule has 5 heavy (non-hydrogen) atoms. The van der Waals surface area contributed by atoms with Crippen molar-refractivity contribution in [3.8, 4) is 0 Å². The summed E-state index contributed by atoms with van der Waals surface area (Å²) in [5.41, 5.74) is 0.